The summed E-state index contributed by atoms with van der Waals surface area (Å²) >= 11 is 0. The summed E-state index contributed by atoms with van der Waals surface area (Å²) in [5.74, 6) is -0.669. The molecule has 1 amide bonds. The first kappa shape index (κ1) is 19.0. The zero-order valence-electron chi connectivity index (χ0n) is 15.7. The van der Waals surface area contributed by atoms with Crippen molar-refractivity contribution in [1.29, 1.82) is 0 Å². The van der Waals surface area contributed by atoms with Gasteiger partial charge in [-0.25, -0.2) is 0 Å². The molecule has 2 atom stereocenters. The van der Waals surface area contributed by atoms with E-state index in [9.17, 15) is 14.7 Å². The minimum absolute atomic E-state index is 0.0347. The number of aliphatic carboxylic acids is 1. The largest absolute Gasteiger partial charge is 0.493 e. The summed E-state index contributed by atoms with van der Waals surface area (Å²) in [5, 5.41) is 9.32. The van der Waals surface area contributed by atoms with Crippen molar-refractivity contribution >= 4 is 11.9 Å². The van der Waals surface area contributed by atoms with Gasteiger partial charge in [0, 0.05) is 23.7 Å². The van der Waals surface area contributed by atoms with Crippen LogP contribution < -0.4 is 4.74 Å². The van der Waals surface area contributed by atoms with E-state index < -0.39 is 11.9 Å². The normalized spacial score (nSPS) is 19.6. The number of likely N-dealkylation sites (tertiary alicyclic amines) is 1. The van der Waals surface area contributed by atoms with E-state index in [0.29, 0.717) is 25.0 Å². The summed E-state index contributed by atoms with van der Waals surface area (Å²) in [6, 6.07) is 15.2. The SMILES string of the molecule is CCOc1ccccc1-c1cccc(C(=O)N2CC(C(=O)O)CCC2C)c1. The second-order valence-electron chi connectivity index (χ2n) is 6.93. The highest BCUT2D eigenvalue weighted by Gasteiger charge is 2.33. The smallest absolute Gasteiger partial charge is 0.308 e. The Morgan fingerprint density at radius 2 is 1.93 bits per heavy atom. The predicted octanol–water partition coefficient (Wildman–Crippen LogP) is 4.08. The molecule has 5 nitrogen and oxygen atoms in total. The molecule has 1 aliphatic rings. The summed E-state index contributed by atoms with van der Waals surface area (Å²) in [7, 11) is 0. The molecule has 1 aliphatic heterocycles. The van der Waals surface area contributed by atoms with Gasteiger partial charge in [-0.05, 0) is 50.5 Å². The van der Waals surface area contributed by atoms with Crippen LogP contribution in [-0.4, -0.2) is 41.1 Å². The van der Waals surface area contributed by atoms with E-state index in [1.807, 2.05) is 56.3 Å². The summed E-state index contributed by atoms with van der Waals surface area (Å²) in [6.07, 6.45) is 1.32. The Bertz CT molecular complexity index is 833. The Balaban J connectivity index is 1.89. The Labute approximate surface area is 159 Å². The fraction of sp³-hybridized carbons (Fsp3) is 0.364. The number of benzene rings is 2. The van der Waals surface area contributed by atoms with Gasteiger partial charge in [0.15, 0.2) is 0 Å². The van der Waals surface area contributed by atoms with Crippen molar-refractivity contribution in [2.45, 2.75) is 32.7 Å². The van der Waals surface area contributed by atoms with Gasteiger partial charge < -0.3 is 14.7 Å². The minimum atomic E-state index is -0.834. The van der Waals surface area contributed by atoms with Crippen LogP contribution in [0.4, 0.5) is 0 Å². The van der Waals surface area contributed by atoms with Crippen molar-refractivity contribution in [1.82, 2.24) is 4.90 Å². The van der Waals surface area contributed by atoms with Crippen LogP contribution in [-0.2, 0) is 4.79 Å². The molecule has 1 N–H and O–H groups in total. The average molecular weight is 367 g/mol. The third-order valence-corrected chi connectivity index (χ3v) is 5.10. The molecule has 0 spiro atoms. The monoisotopic (exact) mass is 367 g/mol. The number of amides is 1. The van der Waals surface area contributed by atoms with E-state index in [4.69, 9.17) is 4.74 Å². The molecule has 2 aromatic carbocycles. The number of para-hydroxylation sites is 1. The standard InChI is InChI=1S/C22H25NO4/c1-3-27-20-10-5-4-9-19(20)16-7-6-8-17(13-16)21(24)23-14-18(22(25)26)12-11-15(23)2/h4-10,13,15,18H,3,11-12,14H2,1-2H3,(H,25,26). The van der Waals surface area contributed by atoms with Gasteiger partial charge in [-0.15, -0.1) is 0 Å². The maximum absolute atomic E-state index is 13.1. The van der Waals surface area contributed by atoms with E-state index in [2.05, 4.69) is 0 Å². The van der Waals surface area contributed by atoms with E-state index in [-0.39, 0.29) is 18.5 Å². The molecule has 1 fully saturated rings. The molecule has 0 aromatic heterocycles. The quantitative estimate of drug-likeness (QED) is 0.865. The highest BCUT2D eigenvalue weighted by Crippen LogP contribution is 2.31. The molecule has 0 saturated carbocycles. The number of carbonyl (C=O) groups is 2. The lowest BCUT2D eigenvalue weighted by molar-refractivity contribution is -0.143. The molecule has 27 heavy (non-hydrogen) atoms. The predicted molar refractivity (Wildman–Crippen MR) is 104 cm³/mol. The highest BCUT2D eigenvalue weighted by atomic mass is 16.5. The van der Waals surface area contributed by atoms with Gasteiger partial charge in [0.05, 0.1) is 12.5 Å². The van der Waals surface area contributed by atoms with Crippen LogP contribution >= 0.6 is 0 Å². The van der Waals surface area contributed by atoms with Gasteiger partial charge in [0.25, 0.3) is 5.91 Å². The Morgan fingerprint density at radius 1 is 1.15 bits per heavy atom. The second-order valence-corrected chi connectivity index (χ2v) is 6.93. The summed E-state index contributed by atoms with van der Waals surface area (Å²) in [4.78, 5) is 26.1. The van der Waals surface area contributed by atoms with Gasteiger partial charge in [0.1, 0.15) is 5.75 Å². The molecule has 142 valence electrons. The Hall–Kier alpha value is -2.82. The number of carbonyl (C=O) groups excluding carboxylic acids is 1. The van der Waals surface area contributed by atoms with Crippen LogP contribution in [0.15, 0.2) is 48.5 Å². The van der Waals surface area contributed by atoms with Crippen molar-refractivity contribution < 1.29 is 19.4 Å². The lowest BCUT2D eigenvalue weighted by Gasteiger charge is -2.36. The number of piperidine rings is 1. The summed E-state index contributed by atoms with van der Waals surface area (Å²) in [5.41, 5.74) is 2.41. The number of carboxylic acid groups (broad SMARTS) is 1. The van der Waals surface area contributed by atoms with Crippen LogP contribution in [0.25, 0.3) is 11.1 Å². The number of ether oxygens (including phenoxy) is 1. The van der Waals surface area contributed by atoms with E-state index in [1.165, 1.54) is 0 Å². The van der Waals surface area contributed by atoms with Crippen molar-refractivity contribution in [3.8, 4) is 16.9 Å². The molecule has 3 rings (SSSR count). The lowest BCUT2D eigenvalue weighted by atomic mass is 9.92. The Morgan fingerprint density at radius 3 is 2.67 bits per heavy atom. The molecule has 2 unspecified atom stereocenters. The minimum Gasteiger partial charge on any atom is -0.493 e. The van der Waals surface area contributed by atoms with Crippen LogP contribution in [0.5, 0.6) is 5.75 Å². The average Bonchev–Trinajstić information content (AvgIpc) is 2.68. The molecule has 0 bridgehead atoms. The molecule has 1 heterocycles. The maximum Gasteiger partial charge on any atom is 0.308 e. The van der Waals surface area contributed by atoms with Crippen LogP contribution in [0.3, 0.4) is 0 Å². The van der Waals surface area contributed by atoms with E-state index >= 15 is 0 Å². The highest BCUT2D eigenvalue weighted by molar-refractivity contribution is 5.96. The first-order chi connectivity index (χ1) is 13.0. The fourth-order valence-corrected chi connectivity index (χ4v) is 3.56. The number of hydrogen-bond acceptors (Lipinski definition) is 3. The topological polar surface area (TPSA) is 66.8 Å². The third kappa shape index (κ3) is 4.13. The fourth-order valence-electron chi connectivity index (χ4n) is 3.56. The van der Waals surface area contributed by atoms with Gasteiger partial charge in [-0.3, -0.25) is 9.59 Å². The first-order valence-electron chi connectivity index (χ1n) is 9.37. The van der Waals surface area contributed by atoms with Gasteiger partial charge >= 0.3 is 5.97 Å². The third-order valence-electron chi connectivity index (χ3n) is 5.10. The van der Waals surface area contributed by atoms with Crippen LogP contribution in [0.1, 0.15) is 37.0 Å². The number of rotatable bonds is 5. The molecular formula is C22H25NO4. The lowest BCUT2D eigenvalue weighted by Crippen LogP contribution is -2.47. The summed E-state index contributed by atoms with van der Waals surface area (Å²) < 4.78 is 5.70. The molecular weight excluding hydrogens is 342 g/mol. The van der Waals surface area contributed by atoms with Gasteiger partial charge in [-0.2, -0.15) is 0 Å². The molecule has 0 radical (unpaired) electrons. The number of nitrogens with zero attached hydrogens (tertiary/aromatic N) is 1. The van der Waals surface area contributed by atoms with Gasteiger partial charge in [-0.1, -0.05) is 30.3 Å². The Kier molecular flexibility index (Phi) is 5.79. The van der Waals surface area contributed by atoms with E-state index in [0.717, 1.165) is 16.9 Å². The van der Waals surface area contributed by atoms with Crippen LogP contribution in [0.2, 0.25) is 0 Å². The van der Waals surface area contributed by atoms with Crippen molar-refractivity contribution in [3.05, 3.63) is 54.1 Å². The van der Waals surface area contributed by atoms with Crippen molar-refractivity contribution in [2.75, 3.05) is 13.2 Å². The zero-order chi connectivity index (χ0) is 19.4. The van der Waals surface area contributed by atoms with Crippen molar-refractivity contribution in [3.63, 3.8) is 0 Å². The maximum atomic E-state index is 13.1. The zero-order valence-corrected chi connectivity index (χ0v) is 15.7. The molecule has 1 saturated heterocycles. The number of hydrogen-bond donors (Lipinski definition) is 1. The first-order valence-corrected chi connectivity index (χ1v) is 9.37. The second kappa shape index (κ2) is 8.25. The summed E-state index contributed by atoms with van der Waals surface area (Å²) in [6.45, 7) is 4.74. The number of carboxylic acids is 1. The van der Waals surface area contributed by atoms with Gasteiger partial charge in [0.2, 0.25) is 0 Å². The molecule has 5 heteroatoms. The van der Waals surface area contributed by atoms with Crippen LogP contribution in [0, 0.1) is 5.92 Å². The van der Waals surface area contributed by atoms with E-state index in [1.54, 1.807) is 11.0 Å². The molecule has 2 aromatic rings. The van der Waals surface area contributed by atoms with Crippen molar-refractivity contribution in [2.24, 2.45) is 5.92 Å². The molecule has 0 aliphatic carbocycles.